The van der Waals surface area contributed by atoms with Crippen LogP contribution in [0.4, 0.5) is 11.4 Å². The van der Waals surface area contributed by atoms with E-state index in [0.717, 1.165) is 11.1 Å². The van der Waals surface area contributed by atoms with Gasteiger partial charge in [-0.2, -0.15) is 0 Å². The number of carbonyl (C=O) groups is 2. The van der Waals surface area contributed by atoms with Crippen LogP contribution in [0.15, 0.2) is 72.4 Å². The van der Waals surface area contributed by atoms with Gasteiger partial charge in [0.2, 0.25) is 0 Å². The first-order valence-corrected chi connectivity index (χ1v) is 10.2. The molecule has 0 bridgehead atoms. The minimum atomic E-state index is -0.413. The van der Waals surface area contributed by atoms with E-state index < -0.39 is 5.91 Å². The van der Waals surface area contributed by atoms with Crippen LogP contribution < -0.4 is 19.7 Å². The topological polar surface area (TPSA) is 67.9 Å². The van der Waals surface area contributed by atoms with E-state index >= 15 is 0 Å². The summed E-state index contributed by atoms with van der Waals surface area (Å²) in [6.45, 7) is 3.86. The van der Waals surface area contributed by atoms with Gasteiger partial charge in [-0.1, -0.05) is 42.5 Å². The van der Waals surface area contributed by atoms with E-state index in [1.807, 2.05) is 56.3 Å². The second-order valence-corrected chi connectivity index (χ2v) is 7.51. The molecule has 0 spiro atoms. The van der Waals surface area contributed by atoms with E-state index in [2.05, 4.69) is 5.32 Å². The number of imide groups is 1. The fourth-order valence-electron chi connectivity index (χ4n) is 3.74. The summed E-state index contributed by atoms with van der Waals surface area (Å²) >= 11 is 0. The van der Waals surface area contributed by atoms with E-state index in [1.165, 1.54) is 4.90 Å². The van der Waals surface area contributed by atoms with Gasteiger partial charge < -0.3 is 14.8 Å². The maximum absolute atomic E-state index is 13.6. The molecule has 0 saturated carbocycles. The number of hydrogen-bond donors (Lipinski definition) is 1. The lowest BCUT2D eigenvalue weighted by atomic mass is 10.0. The minimum Gasteiger partial charge on any atom is -0.497 e. The summed E-state index contributed by atoms with van der Waals surface area (Å²) in [5.74, 6) is 0.352. The molecule has 0 atom stereocenters. The zero-order valence-corrected chi connectivity index (χ0v) is 18.4. The van der Waals surface area contributed by atoms with Crippen LogP contribution in [0.1, 0.15) is 16.7 Å². The molecular formula is C26H24N2O4. The number of methoxy groups -OCH3 is 2. The molecule has 3 aromatic carbocycles. The highest BCUT2D eigenvalue weighted by Gasteiger charge is 2.41. The summed E-state index contributed by atoms with van der Waals surface area (Å²) in [6.07, 6.45) is 0. The van der Waals surface area contributed by atoms with E-state index in [1.54, 1.807) is 38.5 Å². The van der Waals surface area contributed by atoms with Crippen LogP contribution in [0, 0.1) is 13.8 Å². The summed E-state index contributed by atoms with van der Waals surface area (Å²) in [6, 6.07) is 20.0. The average molecular weight is 428 g/mol. The third-order valence-corrected chi connectivity index (χ3v) is 5.58. The third kappa shape index (κ3) is 3.71. The maximum Gasteiger partial charge on any atom is 0.282 e. The summed E-state index contributed by atoms with van der Waals surface area (Å²) in [5, 5.41) is 3.16. The molecule has 1 aliphatic heterocycles. The first kappa shape index (κ1) is 21.2. The summed E-state index contributed by atoms with van der Waals surface area (Å²) < 4.78 is 10.7. The van der Waals surface area contributed by atoms with Crippen molar-refractivity contribution in [3.05, 3.63) is 89.1 Å². The Morgan fingerprint density at radius 3 is 2.06 bits per heavy atom. The van der Waals surface area contributed by atoms with E-state index in [9.17, 15) is 9.59 Å². The highest BCUT2D eigenvalue weighted by atomic mass is 16.5. The van der Waals surface area contributed by atoms with Crippen LogP contribution in [-0.4, -0.2) is 26.0 Å². The number of anilines is 2. The van der Waals surface area contributed by atoms with Crippen molar-refractivity contribution in [1.82, 2.24) is 0 Å². The van der Waals surface area contributed by atoms with Gasteiger partial charge in [-0.15, -0.1) is 0 Å². The van der Waals surface area contributed by atoms with Crippen LogP contribution in [-0.2, 0) is 9.59 Å². The first-order chi connectivity index (χ1) is 15.4. The Hall–Kier alpha value is -4.06. The molecule has 6 nitrogen and oxygen atoms in total. The molecule has 0 saturated heterocycles. The van der Waals surface area contributed by atoms with Gasteiger partial charge in [0.1, 0.15) is 17.2 Å². The first-order valence-electron chi connectivity index (χ1n) is 10.2. The lowest BCUT2D eigenvalue weighted by molar-refractivity contribution is -0.120. The molecule has 4 rings (SSSR count). The van der Waals surface area contributed by atoms with Crippen molar-refractivity contribution in [1.29, 1.82) is 0 Å². The van der Waals surface area contributed by atoms with Crippen LogP contribution >= 0.6 is 0 Å². The van der Waals surface area contributed by atoms with Gasteiger partial charge in [-0.3, -0.25) is 9.59 Å². The van der Waals surface area contributed by atoms with Crippen molar-refractivity contribution in [3.8, 4) is 11.5 Å². The zero-order chi connectivity index (χ0) is 22.8. The molecule has 0 aromatic heterocycles. The van der Waals surface area contributed by atoms with E-state index in [0.29, 0.717) is 34.0 Å². The Labute approximate surface area is 187 Å². The van der Waals surface area contributed by atoms with Crippen molar-refractivity contribution < 1.29 is 19.1 Å². The summed E-state index contributed by atoms with van der Waals surface area (Å²) in [7, 11) is 3.11. The predicted octanol–water partition coefficient (Wildman–Crippen LogP) is 4.72. The monoisotopic (exact) mass is 428 g/mol. The molecule has 3 aromatic rings. The van der Waals surface area contributed by atoms with E-state index in [4.69, 9.17) is 9.47 Å². The Morgan fingerprint density at radius 1 is 0.781 bits per heavy atom. The SMILES string of the molecule is COc1cc(NC2=C(c3ccccc3)C(=O)N(c3cccc(C)c3C)C2=O)cc(OC)c1. The highest BCUT2D eigenvalue weighted by molar-refractivity contribution is 6.46. The van der Waals surface area contributed by atoms with Crippen molar-refractivity contribution in [2.45, 2.75) is 13.8 Å². The van der Waals surface area contributed by atoms with E-state index in [-0.39, 0.29) is 11.6 Å². The lowest BCUT2D eigenvalue weighted by Crippen LogP contribution is -2.33. The number of amides is 2. The normalized spacial score (nSPS) is 13.6. The number of carbonyl (C=O) groups excluding carboxylic acids is 2. The third-order valence-electron chi connectivity index (χ3n) is 5.58. The highest BCUT2D eigenvalue weighted by Crippen LogP contribution is 2.36. The van der Waals surface area contributed by atoms with Gasteiger partial charge in [-0.25, -0.2) is 4.90 Å². The van der Waals surface area contributed by atoms with Crippen molar-refractivity contribution in [3.63, 3.8) is 0 Å². The molecule has 0 radical (unpaired) electrons. The Balaban J connectivity index is 1.85. The molecule has 0 fully saturated rings. The fourth-order valence-corrected chi connectivity index (χ4v) is 3.74. The number of nitrogens with zero attached hydrogens (tertiary/aromatic N) is 1. The van der Waals surface area contributed by atoms with Crippen LogP contribution in [0.2, 0.25) is 0 Å². The molecular weight excluding hydrogens is 404 g/mol. The van der Waals surface area contributed by atoms with Gasteiger partial charge in [-0.05, 0) is 36.6 Å². The Morgan fingerprint density at radius 2 is 1.44 bits per heavy atom. The second-order valence-electron chi connectivity index (χ2n) is 7.51. The predicted molar refractivity (Wildman–Crippen MR) is 125 cm³/mol. The molecule has 2 amide bonds. The second kappa shape index (κ2) is 8.59. The summed E-state index contributed by atoms with van der Waals surface area (Å²) in [4.78, 5) is 28.4. The Bertz CT molecular complexity index is 1210. The number of benzene rings is 3. The quantitative estimate of drug-likeness (QED) is 0.576. The Kier molecular flexibility index (Phi) is 5.69. The average Bonchev–Trinajstić information content (AvgIpc) is 3.05. The van der Waals surface area contributed by atoms with Crippen LogP contribution in [0.25, 0.3) is 5.57 Å². The molecule has 1 N–H and O–H groups in total. The van der Waals surface area contributed by atoms with Crippen LogP contribution in [0.5, 0.6) is 11.5 Å². The van der Waals surface area contributed by atoms with Gasteiger partial charge in [0.25, 0.3) is 11.8 Å². The van der Waals surface area contributed by atoms with Gasteiger partial charge in [0, 0.05) is 23.9 Å². The minimum absolute atomic E-state index is 0.206. The van der Waals surface area contributed by atoms with Crippen LogP contribution in [0.3, 0.4) is 0 Å². The molecule has 32 heavy (non-hydrogen) atoms. The molecule has 6 heteroatoms. The maximum atomic E-state index is 13.6. The zero-order valence-electron chi connectivity index (χ0n) is 18.4. The fraction of sp³-hybridized carbons (Fsp3) is 0.154. The molecule has 0 unspecified atom stereocenters. The smallest absolute Gasteiger partial charge is 0.282 e. The van der Waals surface area contributed by atoms with Crippen molar-refractivity contribution in [2.75, 3.05) is 24.4 Å². The lowest BCUT2D eigenvalue weighted by Gasteiger charge is -2.19. The number of ether oxygens (including phenoxy) is 2. The number of aryl methyl sites for hydroxylation is 1. The largest absolute Gasteiger partial charge is 0.497 e. The summed E-state index contributed by atoms with van der Waals surface area (Å²) in [5.41, 5.74) is 4.22. The van der Waals surface area contributed by atoms with Crippen molar-refractivity contribution in [2.24, 2.45) is 0 Å². The van der Waals surface area contributed by atoms with Gasteiger partial charge in [0.15, 0.2) is 0 Å². The van der Waals surface area contributed by atoms with Gasteiger partial charge >= 0.3 is 0 Å². The number of hydrogen-bond acceptors (Lipinski definition) is 5. The standard InChI is InChI=1S/C26H24N2O4/c1-16-9-8-12-22(17(16)2)28-25(29)23(18-10-6-5-7-11-18)24(26(28)30)27-19-13-20(31-3)15-21(14-19)32-4/h5-15,27H,1-4H3. The van der Waals surface area contributed by atoms with Gasteiger partial charge in [0.05, 0.1) is 25.5 Å². The number of nitrogens with one attached hydrogen (secondary N) is 1. The van der Waals surface area contributed by atoms with Crippen molar-refractivity contribution >= 4 is 28.8 Å². The molecule has 1 aliphatic rings. The molecule has 162 valence electrons. The number of rotatable bonds is 6. The molecule has 0 aliphatic carbocycles. The molecule has 1 heterocycles.